The highest BCUT2D eigenvalue weighted by Crippen LogP contribution is 2.41. The molecule has 2 aliphatic heterocycles. The van der Waals surface area contributed by atoms with Crippen molar-refractivity contribution in [2.75, 3.05) is 79.3 Å². The lowest BCUT2D eigenvalue weighted by Gasteiger charge is -2.45. The van der Waals surface area contributed by atoms with Crippen LogP contribution in [0.4, 0.5) is 10.5 Å². The summed E-state index contributed by atoms with van der Waals surface area (Å²) in [7, 11) is 2.66. The van der Waals surface area contributed by atoms with E-state index in [1.807, 2.05) is 69.3 Å². The summed E-state index contributed by atoms with van der Waals surface area (Å²) in [5.74, 6) is 1.41. The largest absolute Gasteiger partial charge is 0.494 e. The number of hydrogen-bond acceptors (Lipinski definition) is 10. The zero-order chi connectivity index (χ0) is 39.6. The Balaban J connectivity index is 1.47. The van der Waals surface area contributed by atoms with E-state index in [-0.39, 0.29) is 30.4 Å². The summed E-state index contributed by atoms with van der Waals surface area (Å²) in [5, 5.41) is 0. The molecule has 0 bridgehead atoms. The molecule has 55 heavy (non-hydrogen) atoms. The smallest absolute Gasteiger partial charge is 0.409 e. The first-order chi connectivity index (χ1) is 26.3. The number of aryl methyl sites for hydroxylation is 1. The number of amides is 1. The van der Waals surface area contributed by atoms with Crippen molar-refractivity contribution in [2.45, 2.75) is 81.6 Å². The van der Waals surface area contributed by atoms with Gasteiger partial charge in [-0.15, -0.1) is 0 Å². The van der Waals surface area contributed by atoms with E-state index >= 15 is 0 Å². The van der Waals surface area contributed by atoms with E-state index in [0.29, 0.717) is 32.8 Å². The van der Waals surface area contributed by atoms with E-state index in [2.05, 4.69) is 11.0 Å². The second kappa shape index (κ2) is 19.3. The maximum absolute atomic E-state index is 14.6. The number of rotatable bonds is 18. The molecule has 0 N–H and O–H groups in total. The van der Waals surface area contributed by atoms with Crippen LogP contribution in [0.1, 0.15) is 62.1 Å². The Hall–Kier alpha value is -3.88. The van der Waals surface area contributed by atoms with Gasteiger partial charge in [0.1, 0.15) is 23.7 Å². The Kier molecular flexibility index (Phi) is 14.8. The van der Waals surface area contributed by atoms with Crippen molar-refractivity contribution >= 4 is 21.8 Å². The van der Waals surface area contributed by atoms with Crippen LogP contribution in [0.15, 0.2) is 71.6 Å². The summed E-state index contributed by atoms with van der Waals surface area (Å²) in [5.41, 5.74) is 2.99. The first kappa shape index (κ1) is 42.3. The average Bonchev–Trinajstić information content (AvgIpc) is 3.16. The quantitative estimate of drug-likeness (QED) is 0.130. The number of sulfonamides is 1. The van der Waals surface area contributed by atoms with Crippen LogP contribution in [-0.2, 0) is 35.6 Å². The third kappa shape index (κ3) is 11.3. The molecule has 13 heteroatoms. The van der Waals surface area contributed by atoms with Crippen LogP contribution in [0.3, 0.4) is 0 Å². The molecule has 0 radical (unpaired) electrons. The predicted octanol–water partition coefficient (Wildman–Crippen LogP) is 6.64. The van der Waals surface area contributed by atoms with Crippen molar-refractivity contribution in [2.24, 2.45) is 0 Å². The summed E-state index contributed by atoms with van der Waals surface area (Å²) < 4.78 is 65.8. The molecular weight excluding hydrogens is 723 g/mol. The van der Waals surface area contributed by atoms with E-state index in [1.54, 1.807) is 44.8 Å². The van der Waals surface area contributed by atoms with Gasteiger partial charge in [-0.2, -0.15) is 4.31 Å². The van der Waals surface area contributed by atoms with Crippen molar-refractivity contribution < 1.29 is 41.6 Å². The van der Waals surface area contributed by atoms with Crippen LogP contribution in [0.25, 0.3) is 0 Å². The second-order valence-corrected chi connectivity index (χ2v) is 17.1. The lowest BCUT2D eigenvalue weighted by Crippen LogP contribution is -2.54. The number of piperidine rings is 1. The number of hydrogen-bond donors (Lipinski definition) is 0. The van der Waals surface area contributed by atoms with Crippen LogP contribution in [-0.4, -0.2) is 116 Å². The summed E-state index contributed by atoms with van der Waals surface area (Å²) in [6, 6.07) is 20.5. The number of carbonyl (C=O) groups excluding carboxylic acids is 1. The lowest BCUT2D eigenvalue weighted by molar-refractivity contribution is -0.0404. The first-order valence-corrected chi connectivity index (χ1v) is 20.6. The Labute approximate surface area is 327 Å². The van der Waals surface area contributed by atoms with Crippen molar-refractivity contribution in [3.8, 4) is 11.5 Å². The molecule has 3 atom stereocenters. The van der Waals surface area contributed by atoms with Crippen molar-refractivity contribution in [3.05, 3.63) is 83.4 Å². The second-order valence-electron chi connectivity index (χ2n) is 15.2. The Morgan fingerprint density at radius 2 is 1.65 bits per heavy atom. The van der Waals surface area contributed by atoms with Gasteiger partial charge in [-0.3, -0.25) is 0 Å². The highest BCUT2D eigenvalue weighted by atomic mass is 32.2. The highest BCUT2D eigenvalue weighted by Gasteiger charge is 2.45. The van der Waals surface area contributed by atoms with E-state index in [0.717, 1.165) is 59.8 Å². The SMILES string of the molecule is COCCCOc1ccc([C@H]2C[C@H](CC(C)(C)OC(=O)N(C)C)N(S(=O)(=O)c3ccc(C)cc3)C[C@@H]2OCc2ccc3c(c2)N(CCCOC)CCO3)cc1. The number of methoxy groups -OCH3 is 2. The fraction of sp³-hybridized carbons (Fsp3) is 0.548. The van der Waals surface area contributed by atoms with Crippen LogP contribution < -0.4 is 14.4 Å². The minimum Gasteiger partial charge on any atom is -0.494 e. The first-order valence-electron chi connectivity index (χ1n) is 19.1. The molecule has 0 aromatic heterocycles. The third-order valence-corrected chi connectivity index (χ3v) is 12.1. The highest BCUT2D eigenvalue weighted by molar-refractivity contribution is 7.89. The standard InChI is InChI=1S/C42H59N3O9S/c1-31-10-17-36(18-11-31)55(47,48)45-29-40(53-30-32-12-19-39-38(26-32)44(21-25-52-39)20-8-22-49-6)37(27-34(45)28-42(2,3)54-41(46)43(4)5)33-13-15-35(16-14-33)51-24-9-23-50-7/h10-19,26,34,37,40H,8-9,20-25,27-30H2,1-7H3/t34-,37-,40+/m1/s1. The van der Waals surface area contributed by atoms with Crippen molar-refractivity contribution in [1.82, 2.24) is 9.21 Å². The lowest BCUT2D eigenvalue weighted by atomic mass is 9.81. The number of carbonyl (C=O) groups is 1. The van der Waals surface area contributed by atoms with Crippen LogP contribution in [0, 0.1) is 6.92 Å². The van der Waals surface area contributed by atoms with E-state index in [1.165, 1.54) is 4.90 Å². The predicted molar refractivity (Wildman–Crippen MR) is 213 cm³/mol. The number of nitrogens with zero attached hydrogens (tertiary/aromatic N) is 3. The maximum atomic E-state index is 14.6. The van der Waals surface area contributed by atoms with Crippen LogP contribution in [0.5, 0.6) is 11.5 Å². The number of ether oxygens (including phenoxy) is 6. The molecule has 12 nitrogen and oxygen atoms in total. The summed E-state index contributed by atoms with van der Waals surface area (Å²) in [6.45, 7) is 10.0. The fourth-order valence-electron chi connectivity index (χ4n) is 7.25. The molecule has 302 valence electrons. The molecule has 3 aromatic rings. The van der Waals surface area contributed by atoms with Gasteiger partial charge in [0.25, 0.3) is 0 Å². The van der Waals surface area contributed by atoms with Gasteiger partial charge in [-0.1, -0.05) is 35.9 Å². The van der Waals surface area contributed by atoms with Gasteiger partial charge in [-0.05, 0) is 81.1 Å². The van der Waals surface area contributed by atoms with Gasteiger partial charge in [0.15, 0.2) is 0 Å². The minimum absolute atomic E-state index is 0.107. The molecule has 1 fully saturated rings. The minimum atomic E-state index is -3.98. The molecule has 5 rings (SSSR count). The van der Waals surface area contributed by atoms with E-state index < -0.39 is 33.9 Å². The molecule has 0 aliphatic carbocycles. The van der Waals surface area contributed by atoms with Crippen LogP contribution >= 0.6 is 0 Å². The zero-order valence-corrected chi connectivity index (χ0v) is 34.3. The normalized spacial score (nSPS) is 19.0. The Bertz CT molecular complexity index is 1780. The van der Waals surface area contributed by atoms with Gasteiger partial charge in [-0.25, -0.2) is 13.2 Å². The third-order valence-electron chi connectivity index (χ3n) is 10.1. The number of anilines is 1. The number of fused-ring (bicyclic) bond motifs is 1. The van der Waals surface area contributed by atoms with Gasteiger partial charge in [0.2, 0.25) is 10.0 Å². The molecule has 2 heterocycles. The summed E-state index contributed by atoms with van der Waals surface area (Å²) in [6.07, 6.45) is 1.42. The molecule has 1 saturated heterocycles. The van der Waals surface area contributed by atoms with Gasteiger partial charge in [0.05, 0.1) is 36.4 Å². The molecule has 3 aromatic carbocycles. The van der Waals surface area contributed by atoms with Gasteiger partial charge >= 0.3 is 6.09 Å². The van der Waals surface area contributed by atoms with Gasteiger partial charge in [0, 0.05) is 79.4 Å². The maximum Gasteiger partial charge on any atom is 0.409 e. The number of benzene rings is 3. The van der Waals surface area contributed by atoms with E-state index in [4.69, 9.17) is 28.4 Å². The van der Waals surface area contributed by atoms with Crippen molar-refractivity contribution in [1.29, 1.82) is 0 Å². The van der Waals surface area contributed by atoms with E-state index in [9.17, 15) is 13.2 Å². The zero-order valence-electron chi connectivity index (χ0n) is 33.5. The molecular formula is C42H59N3O9S. The molecule has 0 saturated carbocycles. The van der Waals surface area contributed by atoms with Crippen molar-refractivity contribution in [3.63, 3.8) is 0 Å². The average molecular weight is 782 g/mol. The molecule has 0 unspecified atom stereocenters. The molecule has 1 amide bonds. The van der Waals surface area contributed by atoms with Gasteiger partial charge < -0.3 is 38.2 Å². The molecule has 0 spiro atoms. The topological polar surface area (TPSA) is 116 Å². The fourth-order valence-corrected chi connectivity index (χ4v) is 8.89. The monoisotopic (exact) mass is 781 g/mol. The summed E-state index contributed by atoms with van der Waals surface area (Å²) in [4.78, 5) is 16.6. The Morgan fingerprint density at radius 3 is 2.35 bits per heavy atom. The molecule has 2 aliphatic rings. The summed E-state index contributed by atoms with van der Waals surface area (Å²) >= 11 is 0. The Morgan fingerprint density at radius 1 is 0.945 bits per heavy atom. The van der Waals surface area contributed by atoms with Crippen LogP contribution in [0.2, 0.25) is 0 Å².